The standard InChI is InChI=1S/C34H33N5O2.C20H21ClN4O/c40-32(36-15-21-5-2-1-3-6-21)24-8-4-7-23(13-24)28-14-27-25(16-35-28)11-12-26-29-31(38-30(26)27)34(18-37-33(29)41)19-39(20-34)17-22-9-10-22;21-15-5-14-12(6-22-15)3-4-13-16-18(24-17(13)14)20(8-23-19(16)26)9-25(10-20)7-11-1-2-11/h1-8,13-14,16,22,38H,9-12,15,17-20H2,(H,36,40)(H,37,41);5-6,11,24H,1-4,7-10H2,(H,23,26). The fourth-order valence-corrected chi connectivity index (χ4v) is 12.3. The Kier molecular flexibility index (Phi) is 9.67. The number of pyridine rings is 2. The number of aromatic nitrogens is 4. The van der Waals surface area contributed by atoms with Crippen LogP contribution in [0.3, 0.4) is 0 Å². The van der Waals surface area contributed by atoms with Crippen molar-refractivity contribution in [1.29, 1.82) is 0 Å². The molecule has 0 radical (unpaired) electrons. The van der Waals surface area contributed by atoms with Gasteiger partial charge in [0.05, 0.1) is 39.0 Å². The Morgan fingerprint density at radius 2 is 1.25 bits per heavy atom. The minimum Gasteiger partial charge on any atom is -0.357 e. The van der Waals surface area contributed by atoms with E-state index in [-0.39, 0.29) is 28.6 Å². The van der Waals surface area contributed by atoms with Gasteiger partial charge in [-0.1, -0.05) is 54.1 Å². The number of likely N-dealkylation sites (tertiary alicyclic amines) is 2. The molecule has 0 unspecified atom stereocenters. The van der Waals surface area contributed by atoms with Crippen molar-refractivity contribution in [3.05, 3.63) is 140 Å². The summed E-state index contributed by atoms with van der Waals surface area (Å²) >= 11 is 6.16. The Balaban J connectivity index is 0.000000147. The van der Waals surface area contributed by atoms with Crippen molar-refractivity contribution in [3.63, 3.8) is 0 Å². The number of amides is 3. The molecule has 5 N–H and O–H groups in total. The van der Waals surface area contributed by atoms with Crippen molar-refractivity contribution in [2.75, 3.05) is 52.4 Å². The number of hydrogen-bond acceptors (Lipinski definition) is 7. The third-order valence-electron chi connectivity index (χ3n) is 15.9. The number of carbonyl (C=O) groups is 3. The average Bonchev–Trinajstić information content (AvgIpc) is 4.26. The number of carbonyl (C=O) groups excluding carboxylic acids is 3. The van der Waals surface area contributed by atoms with Crippen LogP contribution in [0.25, 0.3) is 33.8 Å². The van der Waals surface area contributed by atoms with Gasteiger partial charge in [0.25, 0.3) is 17.7 Å². The van der Waals surface area contributed by atoms with Gasteiger partial charge >= 0.3 is 0 Å². The van der Waals surface area contributed by atoms with E-state index in [1.807, 2.05) is 73.1 Å². The van der Waals surface area contributed by atoms with Crippen LogP contribution in [0.5, 0.6) is 0 Å². The summed E-state index contributed by atoms with van der Waals surface area (Å²) in [4.78, 5) is 60.4. The molecule has 4 aliphatic carbocycles. The maximum atomic E-state index is 13.2. The largest absolute Gasteiger partial charge is 0.357 e. The van der Waals surface area contributed by atoms with Gasteiger partial charge in [-0.2, -0.15) is 0 Å². The summed E-state index contributed by atoms with van der Waals surface area (Å²) in [6.07, 6.45) is 12.8. The Bertz CT molecular complexity index is 3010. The normalized spacial score (nSPS) is 20.3. The zero-order valence-electron chi connectivity index (χ0n) is 37.6. The minimum atomic E-state index is -0.111. The van der Waals surface area contributed by atoms with Gasteiger partial charge in [-0.25, -0.2) is 4.98 Å². The lowest BCUT2D eigenvalue weighted by molar-refractivity contribution is 0.0480. The highest BCUT2D eigenvalue weighted by Gasteiger charge is 2.53. The third kappa shape index (κ3) is 7.21. The molecule has 3 amide bonds. The number of H-pyrrole nitrogens is 2. The number of hydrogen-bond donors (Lipinski definition) is 5. The molecule has 0 bridgehead atoms. The van der Waals surface area contributed by atoms with Gasteiger partial charge < -0.3 is 35.7 Å². The molecule has 4 fully saturated rings. The Hall–Kier alpha value is -6.08. The number of nitrogens with one attached hydrogen (secondary N) is 5. The van der Waals surface area contributed by atoms with E-state index in [1.54, 1.807) is 0 Å². The highest BCUT2D eigenvalue weighted by atomic mass is 35.5. The maximum absolute atomic E-state index is 13.2. The zero-order valence-corrected chi connectivity index (χ0v) is 38.3. The van der Waals surface area contributed by atoms with Crippen LogP contribution >= 0.6 is 11.6 Å². The van der Waals surface area contributed by atoms with Gasteiger partial charge in [0.15, 0.2) is 0 Å². The molecule has 4 aliphatic heterocycles. The van der Waals surface area contributed by atoms with E-state index in [1.165, 1.54) is 49.9 Å². The summed E-state index contributed by atoms with van der Waals surface area (Å²) in [5.74, 6) is 1.79. The third-order valence-corrected chi connectivity index (χ3v) is 16.1. The summed E-state index contributed by atoms with van der Waals surface area (Å²) in [5.41, 5.74) is 16.5. The molecule has 12 nitrogen and oxygen atoms in total. The maximum Gasteiger partial charge on any atom is 0.253 e. The first-order valence-corrected chi connectivity index (χ1v) is 24.7. The van der Waals surface area contributed by atoms with Gasteiger partial charge in [-0.3, -0.25) is 19.4 Å². The van der Waals surface area contributed by atoms with Crippen LogP contribution in [0.2, 0.25) is 5.15 Å². The molecule has 2 saturated carbocycles. The highest BCUT2D eigenvalue weighted by Crippen LogP contribution is 2.48. The van der Waals surface area contributed by atoms with Crippen molar-refractivity contribution in [2.24, 2.45) is 11.8 Å². The number of nitrogens with zero attached hydrogens (tertiary/aromatic N) is 4. The van der Waals surface area contributed by atoms with Crippen LogP contribution in [-0.2, 0) is 43.1 Å². The molecule has 8 heterocycles. The van der Waals surface area contributed by atoms with E-state index in [0.29, 0.717) is 23.8 Å². The molecule has 2 spiro atoms. The first-order chi connectivity index (χ1) is 32.7. The zero-order chi connectivity index (χ0) is 45.0. The number of halogens is 1. The predicted molar refractivity (Wildman–Crippen MR) is 257 cm³/mol. The lowest BCUT2D eigenvalue weighted by atomic mass is 9.72. The topological polar surface area (TPSA) is 151 Å². The molecule has 6 aromatic rings. The van der Waals surface area contributed by atoms with Gasteiger partial charge in [0.2, 0.25) is 0 Å². The van der Waals surface area contributed by atoms with Crippen molar-refractivity contribution < 1.29 is 14.4 Å². The predicted octanol–water partition coefficient (Wildman–Crippen LogP) is 7.01. The van der Waals surface area contributed by atoms with Gasteiger partial charge in [-0.15, -0.1) is 0 Å². The van der Waals surface area contributed by atoms with E-state index in [0.717, 1.165) is 143 Å². The average molecular weight is 913 g/mol. The number of aromatic amines is 2. The summed E-state index contributed by atoms with van der Waals surface area (Å²) in [7, 11) is 0. The minimum absolute atomic E-state index is 0.0209. The quantitative estimate of drug-likeness (QED) is 0.103. The SMILES string of the molecule is O=C(NCc1ccccc1)c1cccc(-c2cc3c(cn2)CCc2c-3[nH]c3c2C(=O)NCC32CN(CC3CC3)C2)c1.O=C1NCC2(CN(CC3CC3)C2)c2[nH]c3c(c21)CCc1cnc(Cl)cc1-3. The summed E-state index contributed by atoms with van der Waals surface area (Å²) in [5, 5.41) is 9.91. The van der Waals surface area contributed by atoms with Crippen molar-refractivity contribution in [1.82, 2.24) is 45.7 Å². The molecular formula is C54H54ClN9O3. The van der Waals surface area contributed by atoms with Crippen molar-refractivity contribution in [3.8, 4) is 33.8 Å². The monoisotopic (exact) mass is 911 g/mol. The van der Waals surface area contributed by atoms with Crippen LogP contribution in [0.4, 0.5) is 0 Å². The number of rotatable bonds is 8. The summed E-state index contributed by atoms with van der Waals surface area (Å²) in [6.45, 7) is 8.42. The Morgan fingerprint density at radius 3 is 1.84 bits per heavy atom. The van der Waals surface area contributed by atoms with E-state index < -0.39 is 0 Å². The molecular weight excluding hydrogens is 858 g/mol. The number of aryl methyl sites for hydroxylation is 2. The molecule has 340 valence electrons. The van der Waals surface area contributed by atoms with E-state index >= 15 is 0 Å². The fourth-order valence-electron chi connectivity index (χ4n) is 12.1. The van der Waals surface area contributed by atoms with Gasteiger partial charge in [-0.05, 0) is 115 Å². The van der Waals surface area contributed by atoms with E-state index in [9.17, 15) is 14.4 Å². The number of benzene rings is 2. The summed E-state index contributed by atoms with van der Waals surface area (Å²) in [6, 6.07) is 21.6. The molecule has 14 rings (SSSR count). The summed E-state index contributed by atoms with van der Waals surface area (Å²) < 4.78 is 0. The van der Waals surface area contributed by atoms with Gasteiger partial charge in [0, 0.05) is 105 Å². The first-order valence-electron chi connectivity index (χ1n) is 24.3. The van der Waals surface area contributed by atoms with Crippen LogP contribution in [0.1, 0.15) is 96.0 Å². The number of fused-ring (bicyclic) bond motifs is 12. The second-order valence-electron chi connectivity index (χ2n) is 20.7. The Morgan fingerprint density at radius 1 is 0.687 bits per heavy atom. The lowest BCUT2D eigenvalue weighted by Crippen LogP contribution is -2.66. The fraction of sp³-hybridized carbons (Fsp3) is 0.389. The smallest absolute Gasteiger partial charge is 0.253 e. The first kappa shape index (κ1) is 41.1. The molecule has 8 aliphatic rings. The van der Waals surface area contributed by atoms with Crippen molar-refractivity contribution >= 4 is 29.3 Å². The van der Waals surface area contributed by atoms with Crippen LogP contribution < -0.4 is 16.0 Å². The van der Waals surface area contributed by atoms with Gasteiger partial charge in [0.1, 0.15) is 5.15 Å². The molecule has 4 aromatic heterocycles. The molecule has 13 heteroatoms. The molecule has 2 aromatic carbocycles. The van der Waals surface area contributed by atoms with Crippen LogP contribution in [0, 0.1) is 11.8 Å². The van der Waals surface area contributed by atoms with Crippen molar-refractivity contribution in [2.45, 2.75) is 68.7 Å². The molecule has 67 heavy (non-hydrogen) atoms. The molecule has 0 atom stereocenters. The Labute approximate surface area is 394 Å². The highest BCUT2D eigenvalue weighted by molar-refractivity contribution is 6.29. The lowest BCUT2D eigenvalue weighted by Gasteiger charge is -2.52. The van der Waals surface area contributed by atoms with Crippen LogP contribution in [0.15, 0.2) is 79.1 Å². The second kappa shape index (κ2) is 15.8. The van der Waals surface area contributed by atoms with Crippen LogP contribution in [-0.4, -0.2) is 99.8 Å². The second-order valence-corrected chi connectivity index (χ2v) is 21.1. The van der Waals surface area contributed by atoms with E-state index in [4.69, 9.17) is 16.6 Å². The molecule has 2 saturated heterocycles. The van der Waals surface area contributed by atoms with E-state index in [2.05, 4.69) is 46.8 Å².